The minimum atomic E-state index is -1.16. The number of carbonyl (C=O) groups is 3. The van der Waals surface area contributed by atoms with Crippen LogP contribution in [0.25, 0.3) is 0 Å². The van der Waals surface area contributed by atoms with Crippen molar-refractivity contribution in [1.82, 2.24) is 10.6 Å². The number of nitrogens with one attached hydrogen (secondary N) is 2. The van der Waals surface area contributed by atoms with Gasteiger partial charge in [-0.1, -0.05) is 78.9 Å². The first-order valence-corrected chi connectivity index (χ1v) is 10.8. The van der Waals surface area contributed by atoms with Crippen molar-refractivity contribution in [1.29, 1.82) is 0 Å². The topological polar surface area (TPSA) is 111 Å². The highest BCUT2D eigenvalue weighted by Crippen LogP contribution is 2.10. The number of hydrogen-bond acceptors (Lipinski definition) is 4. The molecule has 4 N–H and O–H groups in total. The minimum Gasteiger partial charge on any atom is -0.445 e. The van der Waals surface area contributed by atoms with Gasteiger partial charge in [-0.05, 0) is 22.8 Å². The highest BCUT2D eigenvalue weighted by molar-refractivity contribution is 5.91. The van der Waals surface area contributed by atoms with Gasteiger partial charge < -0.3 is 21.1 Å². The van der Waals surface area contributed by atoms with E-state index in [-0.39, 0.29) is 25.0 Å². The third-order valence-corrected chi connectivity index (χ3v) is 5.15. The molecule has 0 saturated carbocycles. The van der Waals surface area contributed by atoms with Crippen molar-refractivity contribution in [2.45, 2.75) is 31.5 Å². The summed E-state index contributed by atoms with van der Waals surface area (Å²) in [5.41, 5.74) is 7.28. The normalized spacial score (nSPS) is 12.3. The van der Waals surface area contributed by atoms with Gasteiger partial charge in [0.1, 0.15) is 24.5 Å². The molecule has 0 heterocycles. The number of carbonyl (C=O) groups excluding carboxylic acids is 3. The van der Waals surface area contributed by atoms with Crippen LogP contribution < -0.4 is 16.4 Å². The van der Waals surface area contributed by atoms with Crippen molar-refractivity contribution >= 4 is 17.9 Å². The second-order valence-corrected chi connectivity index (χ2v) is 7.71. The van der Waals surface area contributed by atoms with E-state index in [4.69, 9.17) is 10.5 Å². The fourth-order valence-corrected chi connectivity index (χ4v) is 3.35. The van der Waals surface area contributed by atoms with E-state index in [1.807, 2.05) is 60.7 Å². The van der Waals surface area contributed by atoms with E-state index < -0.39 is 35.8 Å². The summed E-state index contributed by atoms with van der Waals surface area (Å²) in [7, 11) is 0. The summed E-state index contributed by atoms with van der Waals surface area (Å²) in [5, 5.41) is 5.10. The number of benzene rings is 3. The van der Waals surface area contributed by atoms with E-state index in [1.54, 1.807) is 6.07 Å². The van der Waals surface area contributed by atoms with Crippen molar-refractivity contribution in [2.75, 3.05) is 0 Å². The van der Waals surface area contributed by atoms with Crippen LogP contribution in [0.5, 0.6) is 0 Å². The standard InChI is InChI=1S/C26H26FN3O4/c27-21-14-8-7-13-20(21)16-22(24(28)31)29-25(32)23(15-18-9-3-1-4-10-18)30-26(33)34-17-19-11-5-2-6-12-19/h1-14,22-23H,15-17H2,(H2,28,31)(H,29,32)(H,30,33)/t22-,23+/m1/s1. The fourth-order valence-electron chi connectivity index (χ4n) is 3.35. The average molecular weight is 464 g/mol. The Labute approximate surface area is 197 Å². The Hall–Kier alpha value is -4.20. The van der Waals surface area contributed by atoms with Crippen LogP contribution in [-0.4, -0.2) is 30.0 Å². The van der Waals surface area contributed by atoms with Crippen molar-refractivity contribution in [2.24, 2.45) is 5.73 Å². The molecule has 2 atom stereocenters. The molecular formula is C26H26FN3O4. The van der Waals surface area contributed by atoms with Gasteiger partial charge >= 0.3 is 6.09 Å². The number of nitrogens with two attached hydrogens (primary N) is 1. The van der Waals surface area contributed by atoms with E-state index in [1.165, 1.54) is 18.2 Å². The van der Waals surface area contributed by atoms with Gasteiger partial charge in [-0.15, -0.1) is 0 Å². The predicted octanol–water partition coefficient (Wildman–Crippen LogP) is 2.88. The van der Waals surface area contributed by atoms with Crippen LogP contribution in [0.1, 0.15) is 16.7 Å². The third kappa shape index (κ3) is 7.44. The van der Waals surface area contributed by atoms with Crippen LogP contribution in [-0.2, 0) is 33.8 Å². The van der Waals surface area contributed by atoms with Crippen LogP contribution in [0.3, 0.4) is 0 Å². The number of rotatable bonds is 10. The van der Waals surface area contributed by atoms with Crippen molar-refractivity contribution in [3.05, 3.63) is 107 Å². The van der Waals surface area contributed by atoms with Gasteiger partial charge in [0.2, 0.25) is 11.8 Å². The van der Waals surface area contributed by atoms with Crippen molar-refractivity contribution in [3.8, 4) is 0 Å². The zero-order chi connectivity index (χ0) is 24.3. The lowest BCUT2D eigenvalue weighted by molar-refractivity contribution is -0.128. The van der Waals surface area contributed by atoms with E-state index in [0.717, 1.165) is 11.1 Å². The maximum atomic E-state index is 14.1. The lowest BCUT2D eigenvalue weighted by Crippen LogP contribution is -2.54. The van der Waals surface area contributed by atoms with Gasteiger partial charge in [-0.3, -0.25) is 9.59 Å². The molecule has 176 valence electrons. The third-order valence-electron chi connectivity index (χ3n) is 5.15. The molecule has 3 aromatic rings. The van der Waals surface area contributed by atoms with E-state index in [0.29, 0.717) is 0 Å². The summed E-state index contributed by atoms with van der Waals surface area (Å²) in [4.78, 5) is 37.5. The maximum absolute atomic E-state index is 14.1. The first-order chi connectivity index (χ1) is 16.4. The Kier molecular flexibility index (Phi) is 8.73. The molecule has 3 aromatic carbocycles. The average Bonchev–Trinajstić information content (AvgIpc) is 2.84. The van der Waals surface area contributed by atoms with Gasteiger partial charge in [0.15, 0.2) is 0 Å². The Balaban J connectivity index is 1.70. The largest absolute Gasteiger partial charge is 0.445 e. The second-order valence-electron chi connectivity index (χ2n) is 7.71. The number of halogens is 1. The molecule has 0 fully saturated rings. The minimum absolute atomic E-state index is 0.0313. The molecular weight excluding hydrogens is 437 g/mol. The lowest BCUT2D eigenvalue weighted by Gasteiger charge is -2.22. The quantitative estimate of drug-likeness (QED) is 0.429. The van der Waals surface area contributed by atoms with Crippen molar-refractivity contribution in [3.63, 3.8) is 0 Å². The predicted molar refractivity (Wildman–Crippen MR) is 125 cm³/mol. The number of ether oxygens (including phenoxy) is 1. The summed E-state index contributed by atoms with van der Waals surface area (Å²) >= 11 is 0. The van der Waals surface area contributed by atoms with Gasteiger partial charge in [-0.25, -0.2) is 9.18 Å². The molecule has 34 heavy (non-hydrogen) atoms. The summed E-state index contributed by atoms with van der Waals surface area (Å²) in [6, 6.07) is 21.9. The number of primary amides is 1. The molecule has 3 rings (SSSR count). The van der Waals surface area contributed by atoms with E-state index in [2.05, 4.69) is 10.6 Å². The summed E-state index contributed by atoms with van der Waals surface area (Å²) in [6.07, 6.45) is -0.757. The number of alkyl carbamates (subject to hydrolysis) is 1. The molecule has 0 aromatic heterocycles. The first kappa shape index (κ1) is 24.4. The molecule has 0 spiro atoms. The molecule has 0 aliphatic heterocycles. The Bertz CT molecular complexity index is 1110. The summed E-state index contributed by atoms with van der Waals surface area (Å²) < 4.78 is 19.3. The number of hydrogen-bond donors (Lipinski definition) is 3. The van der Waals surface area contributed by atoms with Crippen LogP contribution in [0.2, 0.25) is 0 Å². The van der Waals surface area contributed by atoms with Gasteiger partial charge in [0.25, 0.3) is 0 Å². The number of amides is 3. The molecule has 8 heteroatoms. The molecule has 7 nitrogen and oxygen atoms in total. The molecule has 0 radical (unpaired) electrons. The SMILES string of the molecule is NC(=O)[C@@H](Cc1ccccc1F)NC(=O)[C@H](Cc1ccccc1)NC(=O)OCc1ccccc1. The Morgan fingerprint density at radius 3 is 1.97 bits per heavy atom. The second kappa shape index (κ2) is 12.2. The monoisotopic (exact) mass is 463 g/mol. The lowest BCUT2D eigenvalue weighted by atomic mass is 10.0. The summed E-state index contributed by atoms with van der Waals surface area (Å²) in [5.74, 6) is -1.96. The highest BCUT2D eigenvalue weighted by Gasteiger charge is 2.27. The van der Waals surface area contributed by atoms with Gasteiger partial charge in [0.05, 0.1) is 0 Å². The molecule has 0 aliphatic carbocycles. The van der Waals surface area contributed by atoms with Crippen LogP contribution >= 0.6 is 0 Å². The molecule has 0 bridgehead atoms. The van der Waals surface area contributed by atoms with Crippen LogP contribution in [0, 0.1) is 5.82 Å². The van der Waals surface area contributed by atoms with Crippen LogP contribution in [0.15, 0.2) is 84.9 Å². The Morgan fingerprint density at radius 1 is 0.765 bits per heavy atom. The zero-order valence-electron chi connectivity index (χ0n) is 18.4. The molecule has 0 unspecified atom stereocenters. The molecule has 0 aliphatic rings. The summed E-state index contributed by atoms with van der Waals surface area (Å²) in [6.45, 7) is 0.0313. The molecule has 0 saturated heterocycles. The van der Waals surface area contributed by atoms with Crippen LogP contribution in [0.4, 0.5) is 9.18 Å². The first-order valence-electron chi connectivity index (χ1n) is 10.8. The molecule has 3 amide bonds. The smallest absolute Gasteiger partial charge is 0.408 e. The maximum Gasteiger partial charge on any atom is 0.408 e. The zero-order valence-corrected chi connectivity index (χ0v) is 18.4. The highest BCUT2D eigenvalue weighted by atomic mass is 19.1. The van der Waals surface area contributed by atoms with Gasteiger partial charge in [0, 0.05) is 12.8 Å². The van der Waals surface area contributed by atoms with Gasteiger partial charge in [-0.2, -0.15) is 0 Å². The van der Waals surface area contributed by atoms with Crippen molar-refractivity contribution < 1.29 is 23.5 Å². The Morgan fingerprint density at radius 2 is 1.35 bits per heavy atom. The fraction of sp³-hybridized carbons (Fsp3) is 0.192. The van der Waals surface area contributed by atoms with E-state index in [9.17, 15) is 18.8 Å². The van der Waals surface area contributed by atoms with E-state index >= 15 is 0 Å².